The lowest BCUT2D eigenvalue weighted by Crippen LogP contribution is -2.37. The normalized spacial score (nSPS) is 11.8. The van der Waals surface area contributed by atoms with E-state index in [0.717, 1.165) is 22.8 Å². The Balaban J connectivity index is 1.69. The lowest BCUT2D eigenvalue weighted by atomic mass is 10.1. The summed E-state index contributed by atoms with van der Waals surface area (Å²) in [5.74, 6) is 2.52. The van der Waals surface area contributed by atoms with E-state index < -0.39 is 6.10 Å². The van der Waals surface area contributed by atoms with Crippen LogP contribution in [0.5, 0.6) is 5.75 Å². The third-order valence-corrected chi connectivity index (χ3v) is 5.23. The minimum absolute atomic E-state index is 0.0743. The van der Waals surface area contributed by atoms with E-state index in [1.807, 2.05) is 36.9 Å². The van der Waals surface area contributed by atoms with Crippen LogP contribution in [0.4, 0.5) is 0 Å². The predicted octanol–water partition coefficient (Wildman–Crippen LogP) is 4.43. The summed E-state index contributed by atoms with van der Waals surface area (Å²) in [6.45, 7) is 8.66. The second-order valence-corrected chi connectivity index (χ2v) is 7.38. The monoisotopic (exact) mass is 357 g/mol. The minimum atomic E-state index is -0.497. The number of rotatable bonds is 8. The van der Waals surface area contributed by atoms with Crippen molar-refractivity contribution < 1.29 is 9.53 Å². The van der Waals surface area contributed by atoms with E-state index in [1.54, 1.807) is 6.92 Å². The molecule has 0 spiro atoms. The molecule has 2 aromatic carbocycles. The summed E-state index contributed by atoms with van der Waals surface area (Å²) in [4.78, 5) is 12.1. The van der Waals surface area contributed by atoms with Crippen LogP contribution in [0.3, 0.4) is 0 Å². The number of thioether (sulfide) groups is 1. The van der Waals surface area contributed by atoms with Crippen molar-refractivity contribution in [3.8, 4) is 5.75 Å². The topological polar surface area (TPSA) is 38.3 Å². The van der Waals surface area contributed by atoms with E-state index >= 15 is 0 Å². The first kappa shape index (κ1) is 19.4. The van der Waals surface area contributed by atoms with Gasteiger partial charge in [0.15, 0.2) is 6.10 Å². The van der Waals surface area contributed by atoms with Crippen LogP contribution in [-0.2, 0) is 10.5 Å². The zero-order valence-corrected chi connectivity index (χ0v) is 16.3. The zero-order chi connectivity index (χ0) is 18.2. The fraction of sp³-hybridized carbons (Fsp3) is 0.381. The highest BCUT2D eigenvalue weighted by atomic mass is 32.2. The summed E-state index contributed by atoms with van der Waals surface area (Å²) in [5.41, 5.74) is 5.05. The van der Waals surface area contributed by atoms with Gasteiger partial charge in [-0.05, 0) is 62.1 Å². The molecule has 2 rings (SSSR count). The van der Waals surface area contributed by atoms with Gasteiger partial charge in [0.2, 0.25) is 0 Å². The van der Waals surface area contributed by atoms with Crippen LogP contribution < -0.4 is 10.1 Å². The molecule has 25 heavy (non-hydrogen) atoms. The molecule has 0 aliphatic carbocycles. The maximum atomic E-state index is 12.1. The second kappa shape index (κ2) is 9.52. The molecule has 1 N–H and O–H groups in total. The average Bonchev–Trinajstić information content (AvgIpc) is 2.59. The first-order chi connectivity index (χ1) is 12.0. The van der Waals surface area contributed by atoms with E-state index in [9.17, 15) is 4.79 Å². The van der Waals surface area contributed by atoms with Crippen molar-refractivity contribution in [3.05, 3.63) is 64.7 Å². The van der Waals surface area contributed by atoms with E-state index in [-0.39, 0.29) is 5.91 Å². The lowest BCUT2D eigenvalue weighted by Gasteiger charge is -2.15. The van der Waals surface area contributed by atoms with Gasteiger partial charge >= 0.3 is 0 Å². The number of hydrogen-bond donors (Lipinski definition) is 1. The largest absolute Gasteiger partial charge is 0.481 e. The van der Waals surface area contributed by atoms with E-state index in [2.05, 4.69) is 43.4 Å². The molecule has 0 aliphatic rings. The van der Waals surface area contributed by atoms with Crippen LogP contribution in [0.15, 0.2) is 42.5 Å². The van der Waals surface area contributed by atoms with Crippen LogP contribution >= 0.6 is 11.8 Å². The summed E-state index contributed by atoms with van der Waals surface area (Å²) < 4.78 is 5.74. The van der Waals surface area contributed by atoms with Gasteiger partial charge in [0.1, 0.15) is 5.75 Å². The summed E-state index contributed by atoms with van der Waals surface area (Å²) >= 11 is 1.83. The van der Waals surface area contributed by atoms with Crippen LogP contribution in [0, 0.1) is 20.8 Å². The Morgan fingerprint density at radius 1 is 1.08 bits per heavy atom. The lowest BCUT2D eigenvalue weighted by molar-refractivity contribution is -0.127. The van der Waals surface area contributed by atoms with Crippen LogP contribution in [0.2, 0.25) is 0 Å². The van der Waals surface area contributed by atoms with Crippen molar-refractivity contribution in [2.75, 3.05) is 12.3 Å². The molecule has 4 heteroatoms. The smallest absolute Gasteiger partial charge is 0.260 e. The van der Waals surface area contributed by atoms with Gasteiger partial charge in [-0.1, -0.05) is 30.3 Å². The molecule has 134 valence electrons. The molecule has 3 nitrogen and oxygen atoms in total. The van der Waals surface area contributed by atoms with Crippen LogP contribution in [-0.4, -0.2) is 24.3 Å². The Morgan fingerprint density at radius 2 is 1.84 bits per heavy atom. The quantitative estimate of drug-likeness (QED) is 0.710. The molecule has 0 aliphatic heterocycles. The van der Waals surface area contributed by atoms with E-state index in [0.29, 0.717) is 6.54 Å². The molecule has 0 saturated carbocycles. The summed E-state index contributed by atoms with van der Waals surface area (Å²) in [7, 11) is 0. The van der Waals surface area contributed by atoms with Crippen molar-refractivity contribution in [1.82, 2.24) is 5.32 Å². The number of nitrogens with one attached hydrogen (secondary N) is 1. The van der Waals surface area contributed by atoms with Gasteiger partial charge in [-0.2, -0.15) is 11.8 Å². The standard InChI is InChI=1S/C21H27NO2S/c1-15-9-10-20(13-17(15)3)24-18(4)21(23)22-11-12-25-14-19-8-6-5-7-16(19)2/h5-10,13,18H,11-12,14H2,1-4H3,(H,22,23)/t18-/m0/s1. The molecular weight excluding hydrogens is 330 g/mol. The van der Waals surface area contributed by atoms with E-state index in [4.69, 9.17) is 4.74 Å². The van der Waals surface area contributed by atoms with Gasteiger partial charge in [0.05, 0.1) is 0 Å². The van der Waals surface area contributed by atoms with E-state index in [1.165, 1.54) is 16.7 Å². The number of carbonyl (C=O) groups excluding carboxylic acids is 1. The second-order valence-electron chi connectivity index (χ2n) is 6.28. The highest BCUT2D eigenvalue weighted by Crippen LogP contribution is 2.18. The fourth-order valence-corrected chi connectivity index (χ4v) is 3.32. The molecule has 0 fully saturated rings. The van der Waals surface area contributed by atoms with Gasteiger partial charge in [0, 0.05) is 18.1 Å². The van der Waals surface area contributed by atoms with Crippen LogP contribution in [0.1, 0.15) is 29.2 Å². The molecule has 1 atom stereocenters. The molecule has 0 radical (unpaired) electrons. The van der Waals surface area contributed by atoms with Crippen molar-refractivity contribution in [1.29, 1.82) is 0 Å². The van der Waals surface area contributed by atoms with Gasteiger partial charge in [-0.15, -0.1) is 0 Å². The number of hydrogen-bond acceptors (Lipinski definition) is 3. The van der Waals surface area contributed by atoms with Crippen molar-refractivity contribution >= 4 is 17.7 Å². The minimum Gasteiger partial charge on any atom is -0.481 e. The Morgan fingerprint density at radius 3 is 2.56 bits per heavy atom. The number of aryl methyl sites for hydroxylation is 3. The van der Waals surface area contributed by atoms with Gasteiger partial charge in [-0.25, -0.2) is 0 Å². The molecule has 0 saturated heterocycles. The fourth-order valence-electron chi connectivity index (χ4n) is 2.39. The maximum absolute atomic E-state index is 12.1. The van der Waals surface area contributed by atoms with Crippen molar-refractivity contribution in [2.24, 2.45) is 0 Å². The molecule has 0 bridgehead atoms. The number of carbonyl (C=O) groups is 1. The average molecular weight is 358 g/mol. The highest BCUT2D eigenvalue weighted by Gasteiger charge is 2.14. The number of ether oxygens (including phenoxy) is 1. The SMILES string of the molecule is Cc1ccc(O[C@@H](C)C(=O)NCCSCc2ccccc2C)cc1C. The summed E-state index contributed by atoms with van der Waals surface area (Å²) in [6, 6.07) is 14.3. The summed E-state index contributed by atoms with van der Waals surface area (Å²) in [6.07, 6.45) is -0.497. The highest BCUT2D eigenvalue weighted by molar-refractivity contribution is 7.98. The zero-order valence-electron chi connectivity index (χ0n) is 15.5. The molecule has 0 unspecified atom stereocenters. The molecular formula is C21H27NO2S. The number of amides is 1. The van der Waals surface area contributed by atoms with Gasteiger partial charge in [0.25, 0.3) is 5.91 Å². The number of benzene rings is 2. The molecule has 2 aromatic rings. The van der Waals surface area contributed by atoms with Crippen LogP contribution in [0.25, 0.3) is 0 Å². The van der Waals surface area contributed by atoms with Crippen molar-refractivity contribution in [2.45, 2.75) is 39.6 Å². The van der Waals surface area contributed by atoms with Gasteiger partial charge in [-0.3, -0.25) is 4.79 Å². The first-order valence-corrected chi connectivity index (χ1v) is 9.76. The third-order valence-electron chi connectivity index (χ3n) is 4.22. The molecule has 0 heterocycles. The predicted molar refractivity (Wildman–Crippen MR) is 106 cm³/mol. The first-order valence-electron chi connectivity index (χ1n) is 8.61. The third kappa shape index (κ3) is 6.13. The molecule has 1 amide bonds. The Hall–Kier alpha value is -1.94. The maximum Gasteiger partial charge on any atom is 0.260 e. The van der Waals surface area contributed by atoms with Crippen molar-refractivity contribution in [3.63, 3.8) is 0 Å². The summed E-state index contributed by atoms with van der Waals surface area (Å²) in [5, 5.41) is 2.94. The Labute approximate surface area is 155 Å². The Bertz CT molecular complexity index is 715. The molecule has 0 aromatic heterocycles. The Kier molecular flexibility index (Phi) is 7.38. The van der Waals surface area contributed by atoms with Gasteiger partial charge < -0.3 is 10.1 Å².